The number of hydrogen-bond acceptors (Lipinski definition) is 4. The van der Waals surface area contributed by atoms with Gasteiger partial charge in [-0.25, -0.2) is 4.98 Å². The minimum Gasteiger partial charge on any atom is -0.341 e. The standard InChI is InChI=1S/C23H33N3O2S/c1-23(2,3)15-10-11-17-18(12-15)29-21-20(17)22(28)26(14-24-21)13-19(27)25(4)16-8-6-5-7-9-16/h14-16H,5-13H2,1-4H3/t15-/m1/s1. The fourth-order valence-electron chi connectivity index (χ4n) is 4.98. The summed E-state index contributed by atoms with van der Waals surface area (Å²) >= 11 is 1.67. The van der Waals surface area contributed by atoms with Crippen LogP contribution in [-0.4, -0.2) is 33.4 Å². The molecule has 1 saturated carbocycles. The van der Waals surface area contributed by atoms with Crippen molar-refractivity contribution in [3.05, 3.63) is 27.1 Å². The summed E-state index contributed by atoms with van der Waals surface area (Å²) in [5, 5.41) is 0.757. The zero-order valence-electron chi connectivity index (χ0n) is 18.2. The van der Waals surface area contributed by atoms with E-state index in [1.165, 1.54) is 34.3 Å². The van der Waals surface area contributed by atoms with Gasteiger partial charge in [0, 0.05) is 18.0 Å². The minimum absolute atomic E-state index is 0.0112. The molecule has 4 rings (SSSR count). The van der Waals surface area contributed by atoms with Gasteiger partial charge in [0.25, 0.3) is 5.56 Å². The Hall–Kier alpha value is -1.69. The van der Waals surface area contributed by atoms with Crippen molar-refractivity contribution < 1.29 is 4.79 Å². The number of fused-ring (bicyclic) bond motifs is 3. The Morgan fingerprint density at radius 3 is 2.66 bits per heavy atom. The van der Waals surface area contributed by atoms with Crippen LogP contribution in [-0.2, 0) is 24.2 Å². The Kier molecular flexibility index (Phi) is 5.58. The van der Waals surface area contributed by atoms with Gasteiger partial charge in [-0.15, -0.1) is 11.3 Å². The number of hydrogen-bond donors (Lipinski definition) is 0. The van der Waals surface area contributed by atoms with Crippen molar-refractivity contribution in [1.82, 2.24) is 14.5 Å². The molecular formula is C23H33N3O2S. The van der Waals surface area contributed by atoms with Crippen LogP contribution in [0.5, 0.6) is 0 Å². The Labute approximate surface area is 177 Å². The normalized spacial score (nSPS) is 20.6. The summed E-state index contributed by atoms with van der Waals surface area (Å²) in [7, 11) is 1.88. The van der Waals surface area contributed by atoms with E-state index >= 15 is 0 Å². The number of carbonyl (C=O) groups is 1. The van der Waals surface area contributed by atoms with Crippen LogP contribution in [0, 0.1) is 11.3 Å². The lowest BCUT2D eigenvalue weighted by Gasteiger charge is -2.33. The number of aromatic nitrogens is 2. The monoisotopic (exact) mass is 415 g/mol. The molecule has 158 valence electrons. The predicted molar refractivity (Wildman–Crippen MR) is 118 cm³/mol. The van der Waals surface area contributed by atoms with Crippen LogP contribution >= 0.6 is 11.3 Å². The maximum absolute atomic E-state index is 13.2. The van der Waals surface area contributed by atoms with E-state index < -0.39 is 0 Å². The van der Waals surface area contributed by atoms with Crippen molar-refractivity contribution in [2.45, 2.75) is 84.7 Å². The molecule has 0 aromatic carbocycles. The molecule has 0 bridgehead atoms. The van der Waals surface area contributed by atoms with E-state index in [2.05, 4.69) is 25.8 Å². The predicted octanol–water partition coefficient (Wildman–Crippen LogP) is 4.40. The first-order chi connectivity index (χ1) is 13.8. The highest BCUT2D eigenvalue weighted by Gasteiger charge is 2.32. The van der Waals surface area contributed by atoms with Crippen LogP contribution < -0.4 is 5.56 Å². The fraction of sp³-hybridized carbons (Fsp3) is 0.696. The molecule has 2 aliphatic carbocycles. The molecule has 6 heteroatoms. The number of rotatable bonds is 3. The molecule has 1 fully saturated rings. The SMILES string of the molecule is CN(C(=O)Cn1cnc2sc3c(c2c1=O)CC[C@@H](C(C)(C)C)C3)C1CCCCC1. The first-order valence-electron chi connectivity index (χ1n) is 11.0. The highest BCUT2D eigenvalue weighted by Crippen LogP contribution is 2.41. The molecule has 29 heavy (non-hydrogen) atoms. The quantitative estimate of drug-likeness (QED) is 0.747. The number of nitrogens with zero attached hydrogens (tertiary/aromatic N) is 3. The maximum Gasteiger partial charge on any atom is 0.262 e. The third kappa shape index (κ3) is 4.00. The zero-order chi connectivity index (χ0) is 20.8. The van der Waals surface area contributed by atoms with Gasteiger partial charge in [0.05, 0.1) is 11.7 Å². The molecule has 2 aliphatic rings. The minimum atomic E-state index is -0.0490. The van der Waals surface area contributed by atoms with Crippen LogP contribution in [0.2, 0.25) is 0 Å². The van der Waals surface area contributed by atoms with E-state index in [0.29, 0.717) is 12.0 Å². The van der Waals surface area contributed by atoms with E-state index in [9.17, 15) is 9.59 Å². The van der Waals surface area contributed by atoms with Crippen molar-refractivity contribution >= 4 is 27.5 Å². The number of amides is 1. The lowest BCUT2D eigenvalue weighted by atomic mass is 9.72. The lowest BCUT2D eigenvalue weighted by molar-refractivity contribution is -0.133. The summed E-state index contributed by atoms with van der Waals surface area (Å²) in [4.78, 5) is 34.6. The fourth-order valence-corrected chi connectivity index (χ4v) is 6.24. The van der Waals surface area contributed by atoms with Gasteiger partial charge in [-0.3, -0.25) is 14.2 Å². The van der Waals surface area contributed by atoms with E-state index in [1.54, 1.807) is 17.7 Å². The first-order valence-corrected chi connectivity index (χ1v) is 11.8. The molecule has 2 aromatic rings. The van der Waals surface area contributed by atoms with Gasteiger partial charge in [0.2, 0.25) is 5.91 Å². The molecule has 1 atom stereocenters. The summed E-state index contributed by atoms with van der Waals surface area (Å²) in [5.41, 5.74) is 1.41. The summed E-state index contributed by atoms with van der Waals surface area (Å²) in [6.45, 7) is 6.99. The van der Waals surface area contributed by atoms with Gasteiger partial charge >= 0.3 is 0 Å². The average Bonchev–Trinajstić information content (AvgIpc) is 3.08. The van der Waals surface area contributed by atoms with E-state index in [1.807, 2.05) is 11.9 Å². The third-order valence-corrected chi connectivity index (χ3v) is 8.24. The summed E-state index contributed by atoms with van der Waals surface area (Å²) in [6, 6.07) is 0.312. The van der Waals surface area contributed by atoms with Crippen LogP contribution in [0.3, 0.4) is 0 Å². The topological polar surface area (TPSA) is 55.2 Å². The van der Waals surface area contributed by atoms with Crippen molar-refractivity contribution in [3.8, 4) is 0 Å². The first kappa shape index (κ1) is 20.6. The third-order valence-electron chi connectivity index (χ3n) is 7.08. The highest BCUT2D eigenvalue weighted by molar-refractivity contribution is 7.18. The van der Waals surface area contributed by atoms with Gasteiger partial charge in [-0.1, -0.05) is 40.0 Å². The lowest BCUT2D eigenvalue weighted by Crippen LogP contribution is -2.41. The average molecular weight is 416 g/mol. The summed E-state index contributed by atoms with van der Waals surface area (Å²) < 4.78 is 1.52. The molecule has 5 nitrogen and oxygen atoms in total. The van der Waals surface area contributed by atoms with Gasteiger partial charge in [0.1, 0.15) is 11.4 Å². The second-order valence-electron chi connectivity index (χ2n) is 9.96. The summed E-state index contributed by atoms with van der Waals surface area (Å²) in [6.07, 6.45) is 10.4. The van der Waals surface area contributed by atoms with Gasteiger partial charge in [-0.05, 0) is 49.0 Å². The highest BCUT2D eigenvalue weighted by atomic mass is 32.1. The van der Waals surface area contributed by atoms with Crippen LogP contribution in [0.4, 0.5) is 0 Å². The smallest absolute Gasteiger partial charge is 0.262 e. The van der Waals surface area contributed by atoms with Gasteiger partial charge in [0.15, 0.2) is 0 Å². The van der Waals surface area contributed by atoms with Crippen LogP contribution in [0.25, 0.3) is 10.2 Å². The van der Waals surface area contributed by atoms with Crippen LogP contribution in [0.15, 0.2) is 11.1 Å². The molecule has 0 unspecified atom stereocenters. The maximum atomic E-state index is 13.2. The number of thiophene rings is 1. The number of carbonyl (C=O) groups excluding carboxylic acids is 1. The number of likely N-dealkylation sites (N-methyl/N-ethyl adjacent to an activating group) is 1. The Balaban J connectivity index is 1.58. The molecule has 0 radical (unpaired) electrons. The second kappa shape index (κ2) is 7.86. The Morgan fingerprint density at radius 1 is 1.24 bits per heavy atom. The largest absolute Gasteiger partial charge is 0.341 e. The molecule has 2 aromatic heterocycles. The van der Waals surface area contributed by atoms with Gasteiger partial charge in [-0.2, -0.15) is 0 Å². The summed E-state index contributed by atoms with van der Waals surface area (Å²) in [5.74, 6) is 0.646. The molecule has 1 amide bonds. The van der Waals surface area contributed by atoms with Crippen molar-refractivity contribution in [2.24, 2.45) is 11.3 Å². The molecule has 2 heterocycles. The van der Waals surface area contributed by atoms with E-state index in [-0.39, 0.29) is 23.4 Å². The Morgan fingerprint density at radius 2 is 1.97 bits per heavy atom. The molecular weight excluding hydrogens is 382 g/mol. The molecule has 0 saturated heterocycles. The van der Waals surface area contributed by atoms with E-state index in [4.69, 9.17) is 0 Å². The molecule has 0 aliphatic heterocycles. The van der Waals surface area contributed by atoms with Crippen LogP contribution in [0.1, 0.15) is 69.7 Å². The molecule has 0 N–H and O–H groups in total. The van der Waals surface area contributed by atoms with Crippen molar-refractivity contribution in [3.63, 3.8) is 0 Å². The Bertz CT molecular complexity index is 963. The zero-order valence-corrected chi connectivity index (χ0v) is 19.0. The number of aryl methyl sites for hydroxylation is 1. The van der Waals surface area contributed by atoms with E-state index in [0.717, 1.165) is 42.3 Å². The molecule has 0 spiro atoms. The second-order valence-corrected chi connectivity index (χ2v) is 11.0. The van der Waals surface area contributed by atoms with Crippen molar-refractivity contribution in [2.75, 3.05) is 7.05 Å². The van der Waals surface area contributed by atoms with Crippen molar-refractivity contribution in [1.29, 1.82) is 0 Å². The van der Waals surface area contributed by atoms with Gasteiger partial charge < -0.3 is 4.90 Å².